The van der Waals surface area contributed by atoms with Crippen LogP contribution >= 0.6 is 0 Å². The quantitative estimate of drug-likeness (QED) is 0.524. The Kier molecular flexibility index (Phi) is 6.78. The maximum atomic E-state index is 11.8. The minimum Gasteiger partial charge on any atom is -0.369 e. The van der Waals surface area contributed by atoms with Crippen molar-refractivity contribution in [2.75, 3.05) is 11.9 Å². The maximum Gasteiger partial charge on any atom is 0.313 e. The van der Waals surface area contributed by atoms with Crippen molar-refractivity contribution in [3.63, 3.8) is 0 Å². The summed E-state index contributed by atoms with van der Waals surface area (Å²) in [7, 11) is 0. The molecule has 2 rings (SSSR count). The highest BCUT2D eigenvalue weighted by atomic mass is 16.2. The van der Waals surface area contributed by atoms with Crippen molar-refractivity contribution in [1.29, 1.82) is 0 Å². The van der Waals surface area contributed by atoms with Crippen LogP contribution in [0.1, 0.15) is 44.1 Å². The molecule has 0 atom stereocenters. The monoisotopic (exact) mass is 331 g/mol. The number of anilines is 1. The Bertz CT molecular complexity index is 578. The molecular weight excluding hydrogens is 306 g/mol. The Morgan fingerprint density at radius 3 is 2.33 bits per heavy atom. The highest BCUT2D eigenvalue weighted by Gasteiger charge is 2.16. The Labute approximate surface area is 142 Å². The third kappa shape index (κ3) is 6.02. The lowest BCUT2D eigenvalue weighted by Crippen LogP contribution is -2.36. The van der Waals surface area contributed by atoms with Crippen LogP contribution in [0.4, 0.5) is 5.69 Å². The van der Waals surface area contributed by atoms with Crippen molar-refractivity contribution >= 4 is 23.4 Å². The fourth-order valence-corrected chi connectivity index (χ4v) is 3.07. The fourth-order valence-electron chi connectivity index (χ4n) is 3.07. The van der Waals surface area contributed by atoms with Crippen LogP contribution in [-0.2, 0) is 20.8 Å². The Hall–Kier alpha value is -2.37. The van der Waals surface area contributed by atoms with Crippen LogP contribution in [-0.4, -0.2) is 24.3 Å². The lowest BCUT2D eigenvalue weighted by atomic mass is 10.0. The summed E-state index contributed by atoms with van der Waals surface area (Å²) in [5, 5.41) is 5.19. The van der Waals surface area contributed by atoms with E-state index < -0.39 is 17.7 Å². The zero-order valence-electron chi connectivity index (χ0n) is 13.8. The van der Waals surface area contributed by atoms with E-state index in [2.05, 4.69) is 10.6 Å². The lowest BCUT2D eigenvalue weighted by molar-refractivity contribution is -0.136. The molecule has 6 nitrogen and oxygen atoms in total. The predicted molar refractivity (Wildman–Crippen MR) is 92.2 cm³/mol. The van der Waals surface area contributed by atoms with E-state index in [0.717, 1.165) is 24.3 Å². The van der Waals surface area contributed by atoms with Gasteiger partial charge in [-0.15, -0.1) is 0 Å². The molecule has 1 saturated carbocycles. The van der Waals surface area contributed by atoms with Gasteiger partial charge in [0.25, 0.3) is 0 Å². The molecule has 130 valence electrons. The summed E-state index contributed by atoms with van der Waals surface area (Å²) in [6.45, 7) is 0.528. The van der Waals surface area contributed by atoms with E-state index in [4.69, 9.17) is 5.73 Å². The van der Waals surface area contributed by atoms with Gasteiger partial charge < -0.3 is 16.4 Å². The van der Waals surface area contributed by atoms with Crippen LogP contribution in [0, 0.1) is 5.92 Å². The second-order valence-corrected chi connectivity index (χ2v) is 6.34. The minimum atomic E-state index is -0.682. The summed E-state index contributed by atoms with van der Waals surface area (Å²) in [4.78, 5) is 34.4. The number of carbonyl (C=O) groups is 3. The second-order valence-electron chi connectivity index (χ2n) is 6.34. The smallest absolute Gasteiger partial charge is 0.313 e. The molecule has 0 bridgehead atoms. The van der Waals surface area contributed by atoms with Crippen LogP contribution in [0.5, 0.6) is 0 Å². The zero-order chi connectivity index (χ0) is 17.4. The summed E-state index contributed by atoms with van der Waals surface area (Å²) in [5.41, 5.74) is 6.39. The largest absolute Gasteiger partial charge is 0.369 e. The van der Waals surface area contributed by atoms with E-state index in [9.17, 15) is 14.4 Å². The molecule has 0 radical (unpaired) electrons. The molecule has 6 heteroatoms. The summed E-state index contributed by atoms with van der Waals surface area (Å²) >= 11 is 0. The van der Waals surface area contributed by atoms with Crippen molar-refractivity contribution in [3.05, 3.63) is 29.8 Å². The topological polar surface area (TPSA) is 101 Å². The van der Waals surface area contributed by atoms with Gasteiger partial charge in [-0.2, -0.15) is 0 Å². The van der Waals surface area contributed by atoms with E-state index in [1.807, 2.05) is 0 Å². The van der Waals surface area contributed by atoms with Crippen molar-refractivity contribution in [1.82, 2.24) is 5.32 Å². The Morgan fingerprint density at radius 2 is 1.71 bits per heavy atom. The number of nitrogens with two attached hydrogens (primary N) is 1. The normalized spacial score (nSPS) is 14.3. The lowest BCUT2D eigenvalue weighted by Gasteiger charge is -2.09. The number of benzene rings is 1. The van der Waals surface area contributed by atoms with Crippen LogP contribution < -0.4 is 16.4 Å². The van der Waals surface area contributed by atoms with Crippen molar-refractivity contribution in [3.8, 4) is 0 Å². The molecule has 1 fully saturated rings. The highest BCUT2D eigenvalue weighted by molar-refractivity contribution is 6.39. The average molecular weight is 331 g/mol. The first-order chi connectivity index (χ1) is 11.5. The number of nitrogens with one attached hydrogen (secondary N) is 2. The number of primary amides is 1. The van der Waals surface area contributed by atoms with Gasteiger partial charge in [0.15, 0.2) is 0 Å². The zero-order valence-corrected chi connectivity index (χ0v) is 13.8. The summed E-state index contributed by atoms with van der Waals surface area (Å²) in [5.74, 6) is -0.931. The van der Waals surface area contributed by atoms with E-state index in [-0.39, 0.29) is 6.42 Å². The van der Waals surface area contributed by atoms with Gasteiger partial charge in [-0.3, -0.25) is 14.4 Å². The fraction of sp³-hybridized carbons (Fsp3) is 0.500. The number of hydrogen-bond acceptors (Lipinski definition) is 3. The Balaban J connectivity index is 1.68. The number of amides is 3. The van der Waals surface area contributed by atoms with Crippen LogP contribution in [0.15, 0.2) is 24.3 Å². The molecule has 0 spiro atoms. The second kappa shape index (κ2) is 9.05. The molecule has 0 saturated heterocycles. The summed E-state index contributed by atoms with van der Waals surface area (Å²) in [6, 6.07) is 6.67. The van der Waals surface area contributed by atoms with Gasteiger partial charge in [0, 0.05) is 12.2 Å². The van der Waals surface area contributed by atoms with Gasteiger partial charge in [-0.1, -0.05) is 37.8 Å². The van der Waals surface area contributed by atoms with Crippen LogP contribution in [0.2, 0.25) is 0 Å². The average Bonchev–Trinajstić information content (AvgIpc) is 3.06. The van der Waals surface area contributed by atoms with Crippen molar-refractivity contribution < 1.29 is 14.4 Å². The van der Waals surface area contributed by atoms with Crippen molar-refractivity contribution in [2.24, 2.45) is 11.7 Å². The first kappa shape index (κ1) is 18.0. The van der Waals surface area contributed by atoms with Crippen LogP contribution in [0.3, 0.4) is 0 Å². The molecule has 0 heterocycles. The summed E-state index contributed by atoms with van der Waals surface area (Å²) in [6.07, 6.45) is 7.39. The highest BCUT2D eigenvalue weighted by Crippen LogP contribution is 2.28. The molecule has 1 aromatic rings. The van der Waals surface area contributed by atoms with Gasteiger partial charge in [0.2, 0.25) is 5.91 Å². The first-order valence-electron chi connectivity index (χ1n) is 8.51. The van der Waals surface area contributed by atoms with Crippen molar-refractivity contribution in [2.45, 2.75) is 44.9 Å². The van der Waals surface area contributed by atoms with Crippen LogP contribution in [0.25, 0.3) is 0 Å². The molecule has 0 aliphatic heterocycles. The number of carbonyl (C=O) groups excluding carboxylic acids is 3. The third-order valence-corrected chi connectivity index (χ3v) is 4.35. The summed E-state index contributed by atoms with van der Waals surface area (Å²) < 4.78 is 0. The van der Waals surface area contributed by atoms with Gasteiger partial charge in [-0.25, -0.2) is 0 Å². The molecule has 0 aromatic heterocycles. The molecule has 4 N–H and O–H groups in total. The van der Waals surface area contributed by atoms with Gasteiger partial charge in [-0.05, 0) is 36.5 Å². The van der Waals surface area contributed by atoms with Gasteiger partial charge in [0.1, 0.15) is 0 Å². The maximum absolute atomic E-state index is 11.8. The van der Waals surface area contributed by atoms with E-state index in [1.54, 1.807) is 24.3 Å². The van der Waals surface area contributed by atoms with E-state index in [1.165, 1.54) is 25.7 Å². The predicted octanol–water partition coefficient (Wildman–Crippen LogP) is 1.74. The Morgan fingerprint density at radius 1 is 1.04 bits per heavy atom. The van der Waals surface area contributed by atoms with Gasteiger partial charge in [0.05, 0.1) is 6.42 Å². The first-order valence-corrected chi connectivity index (χ1v) is 8.51. The number of rotatable bonds is 7. The number of hydrogen-bond donors (Lipinski definition) is 3. The molecule has 1 aliphatic carbocycles. The molecule has 3 amide bonds. The molecule has 24 heavy (non-hydrogen) atoms. The molecule has 0 unspecified atom stereocenters. The SMILES string of the molecule is NC(=O)Cc1ccc(NC(=O)C(=O)NCCCC2CCCC2)cc1. The van der Waals surface area contributed by atoms with Gasteiger partial charge >= 0.3 is 11.8 Å². The standard InChI is InChI=1S/C18H25N3O3/c19-16(22)12-14-7-9-15(10-8-14)21-18(24)17(23)20-11-3-6-13-4-1-2-5-13/h7-10,13H,1-6,11-12H2,(H2,19,22)(H,20,23)(H,21,24). The molecule has 1 aliphatic rings. The minimum absolute atomic E-state index is 0.149. The third-order valence-electron chi connectivity index (χ3n) is 4.35. The van der Waals surface area contributed by atoms with E-state index >= 15 is 0 Å². The molecule has 1 aromatic carbocycles. The molecular formula is C18H25N3O3. The van der Waals surface area contributed by atoms with E-state index in [0.29, 0.717) is 12.2 Å².